The molecular formula is C18H22ClN3OS. The standard InChI is InChI=1S/C18H22ClN3OS/c1-12-5-6-14(19)11-15(12)21-18(23)17-13(2)20-16(24-17)7-10-22-8-3-4-9-22/h5-6,11H,3-4,7-10H2,1-2H3,(H,21,23). The van der Waals surface area contributed by atoms with Gasteiger partial charge in [0, 0.05) is 23.7 Å². The summed E-state index contributed by atoms with van der Waals surface area (Å²) in [5.41, 5.74) is 2.54. The van der Waals surface area contributed by atoms with Crippen molar-refractivity contribution in [2.45, 2.75) is 33.1 Å². The SMILES string of the molecule is Cc1ccc(Cl)cc1NC(=O)c1sc(CCN2CCCC2)nc1C. The van der Waals surface area contributed by atoms with Gasteiger partial charge in [-0.1, -0.05) is 17.7 Å². The number of carbonyl (C=O) groups excluding carboxylic acids is 1. The van der Waals surface area contributed by atoms with Crippen LogP contribution in [0.3, 0.4) is 0 Å². The predicted molar refractivity (Wildman–Crippen MR) is 100 cm³/mol. The molecular weight excluding hydrogens is 342 g/mol. The minimum atomic E-state index is -0.109. The number of carbonyl (C=O) groups is 1. The number of rotatable bonds is 5. The summed E-state index contributed by atoms with van der Waals surface area (Å²) in [7, 11) is 0. The van der Waals surface area contributed by atoms with Crippen molar-refractivity contribution in [3.63, 3.8) is 0 Å². The maximum Gasteiger partial charge on any atom is 0.267 e. The zero-order valence-corrected chi connectivity index (χ0v) is 15.6. The first-order valence-electron chi connectivity index (χ1n) is 8.29. The lowest BCUT2D eigenvalue weighted by molar-refractivity contribution is 0.102. The number of hydrogen-bond acceptors (Lipinski definition) is 4. The molecule has 1 aromatic heterocycles. The molecule has 4 nitrogen and oxygen atoms in total. The lowest BCUT2D eigenvalue weighted by Gasteiger charge is -2.12. The van der Waals surface area contributed by atoms with Crippen LogP contribution >= 0.6 is 22.9 Å². The molecule has 3 rings (SSSR count). The average molecular weight is 364 g/mol. The Bertz CT molecular complexity index is 738. The van der Waals surface area contributed by atoms with E-state index in [9.17, 15) is 4.79 Å². The number of anilines is 1. The molecule has 0 radical (unpaired) electrons. The quantitative estimate of drug-likeness (QED) is 0.861. The van der Waals surface area contributed by atoms with Crippen LogP contribution in [0.4, 0.5) is 5.69 Å². The second-order valence-corrected chi connectivity index (χ2v) is 7.75. The third-order valence-electron chi connectivity index (χ3n) is 4.34. The molecule has 0 atom stereocenters. The summed E-state index contributed by atoms with van der Waals surface area (Å²) >= 11 is 7.52. The summed E-state index contributed by atoms with van der Waals surface area (Å²) in [5.74, 6) is -0.109. The zero-order valence-electron chi connectivity index (χ0n) is 14.1. The van der Waals surface area contributed by atoms with Gasteiger partial charge in [-0.05, 0) is 57.5 Å². The van der Waals surface area contributed by atoms with Crippen LogP contribution in [0, 0.1) is 13.8 Å². The monoisotopic (exact) mass is 363 g/mol. The minimum absolute atomic E-state index is 0.109. The first kappa shape index (κ1) is 17.4. The summed E-state index contributed by atoms with van der Waals surface area (Å²) in [6, 6.07) is 5.50. The van der Waals surface area contributed by atoms with E-state index >= 15 is 0 Å². The van der Waals surface area contributed by atoms with Gasteiger partial charge >= 0.3 is 0 Å². The highest BCUT2D eigenvalue weighted by Gasteiger charge is 2.18. The molecule has 1 fully saturated rings. The molecule has 2 aromatic rings. The van der Waals surface area contributed by atoms with Crippen molar-refractivity contribution in [3.05, 3.63) is 44.4 Å². The van der Waals surface area contributed by atoms with Crippen molar-refractivity contribution in [1.82, 2.24) is 9.88 Å². The molecule has 1 amide bonds. The number of aryl methyl sites for hydroxylation is 2. The van der Waals surface area contributed by atoms with E-state index in [2.05, 4.69) is 15.2 Å². The molecule has 0 bridgehead atoms. The lowest BCUT2D eigenvalue weighted by Crippen LogP contribution is -2.21. The van der Waals surface area contributed by atoms with E-state index in [4.69, 9.17) is 11.6 Å². The lowest BCUT2D eigenvalue weighted by atomic mass is 10.2. The molecule has 0 saturated carbocycles. The molecule has 1 saturated heterocycles. The highest BCUT2D eigenvalue weighted by Crippen LogP contribution is 2.24. The van der Waals surface area contributed by atoms with Gasteiger partial charge in [-0.2, -0.15) is 0 Å². The summed E-state index contributed by atoms with van der Waals surface area (Å²) in [4.78, 5) is 20.3. The van der Waals surface area contributed by atoms with Gasteiger partial charge in [-0.25, -0.2) is 4.98 Å². The summed E-state index contributed by atoms with van der Waals surface area (Å²) in [6.07, 6.45) is 3.50. The third kappa shape index (κ3) is 4.15. The van der Waals surface area contributed by atoms with E-state index in [-0.39, 0.29) is 5.91 Å². The molecule has 1 aliphatic rings. The van der Waals surface area contributed by atoms with E-state index in [0.717, 1.165) is 34.9 Å². The highest BCUT2D eigenvalue weighted by molar-refractivity contribution is 7.13. The van der Waals surface area contributed by atoms with Crippen LogP contribution in [0.1, 0.15) is 38.8 Å². The fraction of sp³-hybridized carbons (Fsp3) is 0.444. The number of hydrogen-bond donors (Lipinski definition) is 1. The number of nitrogens with one attached hydrogen (secondary N) is 1. The molecule has 128 valence electrons. The van der Waals surface area contributed by atoms with Crippen molar-refractivity contribution in [3.8, 4) is 0 Å². The smallest absolute Gasteiger partial charge is 0.267 e. The first-order valence-corrected chi connectivity index (χ1v) is 9.48. The Hall–Kier alpha value is -1.43. The van der Waals surface area contributed by atoms with Crippen molar-refractivity contribution in [2.24, 2.45) is 0 Å². The Morgan fingerprint density at radius 1 is 1.33 bits per heavy atom. The number of benzene rings is 1. The largest absolute Gasteiger partial charge is 0.321 e. The van der Waals surface area contributed by atoms with Crippen molar-refractivity contribution >= 4 is 34.5 Å². The van der Waals surface area contributed by atoms with Gasteiger partial charge in [0.05, 0.1) is 10.7 Å². The number of thiazole rings is 1. The van der Waals surface area contributed by atoms with Crippen LogP contribution in [-0.4, -0.2) is 35.4 Å². The molecule has 1 aliphatic heterocycles. The zero-order chi connectivity index (χ0) is 17.1. The Kier molecular flexibility index (Phi) is 5.54. The Labute approximate surface area is 151 Å². The molecule has 0 unspecified atom stereocenters. The van der Waals surface area contributed by atoms with Crippen molar-refractivity contribution in [1.29, 1.82) is 0 Å². The fourth-order valence-corrected chi connectivity index (χ4v) is 4.06. The van der Waals surface area contributed by atoms with Crippen LogP contribution in [0.5, 0.6) is 0 Å². The topological polar surface area (TPSA) is 45.2 Å². The average Bonchev–Trinajstić information content (AvgIpc) is 3.18. The molecule has 2 heterocycles. The predicted octanol–water partition coefficient (Wildman–Crippen LogP) is 4.30. The normalized spacial score (nSPS) is 15.0. The summed E-state index contributed by atoms with van der Waals surface area (Å²) in [6.45, 7) is 7.25. The van der Waals surface area contributed by atoms with E-state index in [1.165, 1.54) is 37.3 Å². The summed E-state index contributed by atoms with van der Waals surface area (Å²) in [5, 5.41) is 4.60. The van der Waals surface area contributed by atoms with Gasteiger partial charge in [0.2, 0.25) is 0 Å². The van der Waals surface area contributed by atoms with Crippen molar-refractivity contribution < 1.29 is 4.79 Å². The van der Waals surface area contributed by atoms with E-state index < -0.39 is 0 Å². The summed E-state index contributed by atoms with van der Waals surface area (Å²) < 4.78 is 0. The Balaban J connectivity index is 1.67. The van der Waals surface area contributed by atoms with E-state index in [1.807, 2.05) is 26.0 Å². The van der Waals surface area contributed by atoms with Crippen LogP contribution in [-0.2, 0) is 6.42 Å². The minimum Gasteiger partial charge on any atom is -0.321 e. The maximum atomic E-state index is 12.6. The number of amides is 1. The van der Waals surface area contributed by atoms with Crippen LogP contribution in [0.2, 0.25) is 5.02 Å². The van der Waals surface area contributed by atoms with E-state index in [0.29, 0.717) is 9.90 Å². The second-order valence-electron chi connectivity index (χ2n) is 6.23. The van der Waals surface area contributed by atoms with Gasteiger partial charge in [-0.15, -0.1) is 11.3 Å². The number of nitrogens with zero attached hydrogens (tertiary/aromatic N) is 2. The van der Waals surface area contributed by atoms with Gasteiger partial charge in [0.25, 0.3) is 5.91 Å². The Morgan fingerprint density at radius 2 is 2.08 bits per heavy atom. The maximum absolute atomic E-state index is 12.6. The van der Waals surface area contributed by atoms with Gasteiger partial charge in [0.15, 0.2) is 0 Å². The molecule has 1 aromatic carbocycles. The van der Waals surface area contributed by atoms with E-state index in [1.54, 1.807) is 6.07 Å². The molecule has 1 N–H and O–H groups in total. The van der Waals surface area contributed by atoms with Crippen LogP contribution in [0.15, 0.2) is 18.2 Å². The van der Waals surface area contributed by atoms with Crippen LogP contribution < -0.4 is 5.32 Å². The molecule has 6 heteroatoms. The second kappa shape index (κ2) is 7.64. The first-order chi connectivity index (χ1) is 11.5. The van der Waals surface area contributed by atoms with Gasteiger partial charge in [0.1, 0.15) is 4.88 Å². The highest BCUT2D eigenvalue weighted by atomic mass is 35.5. The molecule has 24 heavy (non-hydrogen) atoms. The molecule has 0 aliphatic carbocycles. The number of likely N-dealkylation sites (tertiary alicyclic amines) is 1. The third-order valence-corrected chi connectivity index (χ3v) is 5.79. The fourth-order valence-electron chi connectivity index (χ4n) is 2.94. The number of halogens is 1. The Morgan fingerprint density at radius 3 is 2.83 bits per heavy atom. The van der Waals surface area contributed by atoms with Crippen molar-refractivity contribution in [2.75, 3.05) is 25.0 Å². The van der Waals surface area contributed by atoms with Gasteiger partial charge < -0.3 is 10.2 Å². The van der Waals surface area contributed by atoms with Gasteiger partial charge in [-0.3, -0.25) is 4.79 Å². The number of aromatic nitrogens is 1. The van der Waals surface area contributed by atoms with Crippen LogP contribution in [0.25, 0.3) is 0 Å². The molecule has 0 spiro atoms.